The van der Waals surface area contributed by atoms with Crippen molar-refractivity contribution in [1.82, 2.24) is 19.6 Å². The van der Waals surface area contributed by atoms with E-state index in [1.165, 1.54) is 38.9 Å². The Labute approximate surface area is 146 Å². The molecule has 3 rings (SSSR count). The van der Waals surface area contributed by atoms with Gasteiger partial charge in [0.2, 0.25) is 0 Å². The van der Waals surface area contributed by atoms with Crippen LogP contribution in [0.4, 0.5) is 0 Å². The molecule has 0 N–H and O–H groups in total. The van der Waals surface area contributed by atoms with Crippen LogP contribution in [0.25, 0.3) is 0 Å². The molecule has 0 unspecified atom stereocenters. The van der Waals surface area contributed by atoms with Crippen LogP contribution in [0.2, 0.25) is 0 Å². The highest BCUT2D eigenvalue weighted by molar-refractivity contribution is 5.92. The molecule has 1 aromatic heterocycles. The van der Waals surface area contributed by atoms with E-state index in [1.807, 2.05) is 28.8 Å². The van der Waals surface area contributed by atoms with E-state index in [4.69, 9.17) is 0 Å². The molecule has 24 heavy (non-hydrogen) atoms. The molecule has 1 aromatic rings. The fourth-order valence-electron chi connectivity index (χ4n) is 3.97. The largest absolute Gasteiger partial charge is 0.337 e. The predicted octanol–water partition coefficient (Wildman–Crippen LogP) is 2.88. The smallest absolute Gasteiger partial charge is 0.274 e. The average molecular weight is 332 g/mol. The third-order valence-corrected chi connectivity index (χ3v) is 5.71. The minimum absolute atomic E-state index is 0.106. The first kappa shape index (κ1) is 17.5. The van der Waals surface area contributed by atoms with Gasteiger partial charge < -0.3 is 9.80 Å². The minimum Gasteiger partial charge on any atom is -0.337 e. The summed E-state index contributed by atoms with van der Waals surface area (Å²) >= 11 is 0. The zero-order chi connectivity index (χ0) is 16.9. The van der Waals surface area contributed by atoms with Crippen LogP contribution in [0, 0.1) is 11.8 Å². The fraction of sp³-hybridized carbons (Fsp3) is 0.789. The Kier molecular flexibility index (Phi) is 5.93. The molecule has 1 amide bonds. The quantitative estimate of drug-likeness (QED) is 0.851. The van der Waals surface area contributed by atoms with Crippen LogP contribution in [0.15, 0.2) is 12.3 Å². The molecule has 0 bridgehead atoms. The number of hydrogen-bond acceptors (Lipinski definition) is 3. The lowest BCUT2D eigenvalue weighted by atomic mass is 9.95. The van der Waals surface area contributed by atoms with Crippen molar-refractivity contribution in [2.24, 2.45) is 11.8 Å². The van der Waals surface area contributed by atoms with E-state index in [1.54, 1.807) is 0 Å². The Balaban J connectivity index is 1.50. The van der Waals surface area contributed by atoms with Crippen LogP contribution in [-0.2, 0) is 6.54 Å². The van der Waals surface area contributed by atoms with Gasteiger partial charge in [0.15, 0.2) is 0 Å². The van der Waals surface area contributed by atoms with Crippen LogP contribution in [0.5, 0.6) is 0 Å². The number of hydrogen-bond donors (Lipinski definition) is 0. The van der Waals surface area contributed by atoms with Gasteiger partial charge in [0.05, 0.1) is 0 Å². The molecule has 3 heterocycles. The zero-order valence-corrected chi connectivity index (χ0v) is 15.3. The number of aryl methyl sites for hydroxylation is 1. The van der Waals surface area contributed by atoms with Crippen molar-refractivity contribution in [2.45, 2.75) is 52.5 Å². The van der Waals surface area contributed by atoms with E-state index in [9.17, 15) is 4.79 Å². The Hall–Kier alpha value is -1.36. The van der Waals surface area contributed by atoms with Crippen LogP contribution in [-0.4, -0.2) is 58.2 Å². The molecular weight excluding hydrogens is 300 g/mol. The van der Waals surface area contributed by atoms with Crippen LogP contribution >= 0.6 is 0 Å². The third kappa shape index (κ3) is 4.38. The summed E-state index contributed by atoms with van der Waals surface area (Å²) in [6.45, 7) is 10.7. The van der Waals surface area contributed by atoms with Crippen LogP contribution in [0.3, 0.4) is 0 Å². The van der Waals surface area contributed by atoms with Crippen LogP contribution < -0.4 is 0 Å². The van der Waals surface area contributed by atoms with Crippen molar-refractivity contribution in [3.63, 3.8) is 0 Å². The summed E-state index contributed by atoms with van der Waals surface area (Å²) in [5.74, 6) is 1.74. The molecule has 0 aromatic carbocycles. The van der Waals surface area contributed by atoms with Gasteiger partial charge in [-0.2, -0.15) is 5.10 Å². The lowest BCUT2D eigenvalue weighted by Gasteiger charge is -2.32. The normalized spacial score (nSPS) is 24.1. The average Bonchev–Trinajstić information content (AvgIpc) is 2.96. The molecule has 5 nitrogen and oxygen atoms in total. The SMILES string of the molecule is CCn1ccc(C(=O)N2CCC[C@H](CN3CCC(C)CC3)CC2)n1. The summed E-state index contributed by atoms with van der Waals surface area (Å²) in [6.07, 6.45) is 8.08. The highest BCUT2D eigenvalue weighted by atomic mass is 16.2. The summed E-state index contributed by atoms with van der Waals surface area (Å²) < 4.78 is 1.82. The van der Waals surface area contributed by atoms with E-state index in [0.717, 1.165) is 44.3 Å². The van der Waals surface area contributed by atoms with Gasteiger partial charge in [-0.1, -0.05) is 6.92 Å². The standard InChI is InChI=1S/C19H32N4O/c1-3-23-14-9-18(20-23)19(24)22-10-4-5-17(8-13-22)15-21-11-6-16(2)7-12-21/h9,14,16-17H,3-8,10-13,15H2,1-2H3/t17-/m0/s1. The fourth-order valence-corrected chi connectivity index (χ4v) is 3.97. The Bertz CT molecular complexity index is 533. The number of likely N-dealkylation sites (tertiary alicyclic amines) is 2. The van der Waals surface area contributed by atoms with E-state index in [0.29, 0.717) is 5.69 Å². The summed E-state index contributed by atoms with van der Waals surface area (Å²) in [5, 5.41) is 4.37. The molecular formula is C19H32N4O. The Morgan fingerprint density at radius 2 is 1.96 bits per heavy atom. The van der Waals surface area contributed by atoms with Gasteiger partial charge in [0.25, 0.3) is 5.91 Å². The Morgan fingerprint density at radius 1 is 1.17 bits per heavy atom. The van der Waals surface area contributed by atoms with E-state index in [-0.39, 0.29) is 5.91 Å². The molecule has 2 saturated heterocycles. The van der Waals surface area contributed by atoms with Gasteiger partial charge in [0.1, 0.15) is 5.69 Å². The molecule has 134 valence electrons. The summed E-state index contributed by atoms with van der Waals surface area (Å²) in [5.41, 5.74) is 0.598. The van der Waals surface area contributed by atoms with E-state index < -0.39 is 0 Å². The maximum absolute atomic E-state index is 12.7. The maximum Gasteiger partial charge on any atom is 0.274 e. The van der Waals surface area contributed by atoms with Gasteiger partial charge >= 0.3 is 0 Å². The number of carbonyl (C=O) groups is 1. The number of rotatable bonds is 4. The molecule has 5 heteroatoms. The highest BCUT2D eigenvalue weighted by Gasteiger charge is 2.25. The second-order valence-electron chi connectivity index (χ2n) is 7.63. The first-order valence-electron chi connectivity index (χ1n) is 9.70. The van der Waals surface area contributed by atoms with Gasteiger partial charge in [0, 0.05) is 32.4 Å². The molecule has 2 aliphatic heterocycles. The van der Waals surface area contributed by atoms with E-state index >= 15 is 0 Å². The number of nitrogens with zero attached hydrogens (tertiary/aromatic N) is 4. The second-order valence-corrected chi connectivity index (χ2v) is 7.63. The number of carbonyl (C=O) groups excluding carboxylic acids is 1. The molecule has 0 aliphatic carbocycles. The van der Waals surface area contributed by atoms with Gasteiger partial charge in [-0.15, -0.1) is 0 Å². The van der Waals surface area contributed by atoms with Crippen molar-refractivity contribution in [2.75, 3.05) is 32.7 Å². The predicted molar refractivity (Wildman–Crippen MR) is 96.0 cm³/mol. The number of aromatic nitrogens is 2. The number of piperidine rings is 1. The lowest BCUT2D eigenvalue weighted by molar-refractivity contribution is 0.0751. The van der Waals surface area contributed by atoms with Crippen molar-refractivity contribution in [3.05, 3.63) is 18.0 Å². The van der Waals surface area contributed by atoms with Crippen LogP contribution in [0.1, 0.15) is 56.4 Å². The zero-order valence-electron chi connectivity index (χ0n) is 15.3. The van der Waals surface area contributed by atoms with E-state index in [2.05, 4.69) is 16.9 Å². The molecule has 0 radical (unpaired) electrons. The molecule has 0 saturated carbocycles. The van der Waals surface area contributed by atoms with Gasteiger partial charge in [-0.25, -0.2) is 0 Å². The van der Waals surface area contributed by atoms with Crippen molar-refractivity contribution in [1.29, 1.82) is 0 Å². The van der Waals surface area contributed by atoms with Crippen molar-refractivity contribution in [3.8, 4) is 0 Å². The summed E-state index contributed by atoms with van der Waals surface area (Å²) in [4.78, 5) is 17.3. The topological polar surface area (TPSA) is 41.4 Å². The van der Waals surface area contributed by atoms with Gasteiger partial charge in [-0.05, 0) is 70.0 Å². The van der Waals surface area contributed by atoms with Crippen molar-refractivity contribution < 1.29 is 4.79 Å². The summed E-state index contributed by atoms with van der Waals surface area (Å²) in [7, 11) is 0. The Morgan fingerprint density at radius 3 is 2.67 bits per heavy atom. The first-order chi connectivity index (χ1) is 11.7. The molecule has 0 spiro atoms. The van der Waals surface area contributed by atoms with Crippen molar-refractivity contribution >= 4 is 5.91 Å². The molecule has 1 atom stereocenters. The molecule has 2 aliphatic rings. The highest BCUT2D eigenvalue weighted by Crippen LogP contribution is 2.23. The molecule has 2 fully saturated rings. The maximum atomic E-state index is 12.7. The first-order valence-corrected chi connectivity index (χ1v) is 9.70. The van der Waals surface area contributed by atoms with Gasteiger partial charge in [-0.3, -0.25) is 9.48 Å². The summed E-state index contributed by atoms with van der Waals surface area (Å²) in [6, 6.07) is 1.85. The third-order valence-electron chi connectivity index (χ3n) is 5.71. The minimum atomic E-state index is 0.106. The monoisotopic (exact) mass is 332 g/mol. The lowest BCUT2D eigenvalue weighted by Crippen LogP contribution is -2.37. The number of amides is 1. The second kappa shape index (κ2) is 8.15.